The van der Waals surface area contributed by atoms with Crippen molar-refractivity contribution in [3.63, 3.8) is 0 Å². The average molecular weight is 406 g/mol. The fraction of sp³-hybridized carbons (Fsp3) is 0.273. The number of nitrogens with zero attached hydrogens (tertiary/aromatic N) is 2. The third kappa shape index (κ3) is 2.83. The zero-order valence-electron chi connectivity index (χ0n) is 16.9. The standard InChI is InChI=1S/C22H22N4O4/c1-21(2)18(28)23-15-11-7-8-12-16(15)26(21)17(27)13-25-19(29)22(3,24-20(25)30)14-9-5-4-6-10-14/h4-12H,13H2,1-3H3,(H,23,28)(H,24,30)/t22-/m1/s1. The largest absolute Gasteiger partial charge is 0.325 e. The zero-order valence-corrected chi connectivity index (χ0v) is 16.9. The molecule has 0 spiro atoms. The highest BCUT2D eigenvalue weighted by Crippen LogP contribution is 2.37. The van der Waals surface area contributed by atoms with Gasteiger partial charge in [-0.1, -0.05) is 42.5 Å². The predicted octanol–water partition coefficient (Wildman–Crippen LogP) is 2.22. The molecule has 5 amide bonds. The van der Waals surface area contributed by atoms with Crippen LogP contribution in [0.2, 0.25) is 0 Å². The summed E-state index contributed by atoms with van der Waals surface area (Å²) in [6, 6.07) is 15.1. The normalized spacial score (nSPS) is 22.4. The van der Waals surface area contributed by atoms with Crippen LogP contribution >= 0.6 is 0 Å². The molecular weight excluding hydrogens is 384 g/mol. The lowest BCUT2D eigenvalue weighted by molar-refractivity contribution is -0.134. The molecule has 4 rings (SSSR count). The first-order valence-electron chi connectivity index (χ1n) is 9.59. The molecule has 0 saturated carbocycles. The highest BCUT2D eigenvalue weighted by Gasteiger charge is 2.51. The second-order valence-corrected chi connectivity index (χ2v) is 8.07. The predicted molar refractivity (Wildman–Crippen MR) is 111 cm³/mol. The van der Waals surface area contributed by atoms with Crippen LogP contribution in [-0.4, -0.2) is 40.7 Å². The van der Waals surface area contributed by atoms with Gasteiger partial charge in [-0.05, 0) is 38.5 Å². The Kier molecular flexibility index (Phi) is 4.38. The van der Waals surface area contributed by atoms with Crippen molar-refractivity contribution < 1.29 is 19.2 Å². The highest BCUT2D eigenvalue weighted by molar-refractivity contribution is 6.16. The van der Waals surface area contributed by atoms with E-state index in [2.05, 4.69) is 10.6 Å². The van der Waals surface area contributed by atoms with E-state index >= 15 is 0 Å². The average Bonchev–Trinajstić information content (AvgIpc) is 2.93. The Balaban J connectivity index is 1.65. The van der Waals surface area contributed by atoms with Crippen molar-refractivity contribution in [2.24, 2.45) is 0 Å². The number of hydrogen-bond donors (Lipinski definition) is 2. The summed E-state index contributed by atoms with van der Waals surface area (Å²) in [5.74, 6) is -1.39. The van der Waals surface area contributed by atoms with Gasteiger partial charge in [0.15, 0.2) is 0 Å². The number of imide groups is 1. The number of nitrogens with one attached hydrogen (secondary N) is 2. The van der Waals surface area contributed by atoms with Crippen LogP contribution in [0.5, 0.6) is 0 Å². The number of urea groups is 1. The maximum Gasteiger partial charge on any atom is 0.325 e. The van der Waals surface area contributed by atoms with Crippen LogP contribution in [0.25, 0.3) is 0 Å². The van der Waals surface area contributed by atoms with Crippen LogP contribution in [0.1, 0.15) is 26.3 Å². The summed E-state index contributed by atoms with van der Waals surface area (Å²) in [4.78, 5) is 53.8. The van der Waals surface area contributed by atoms with Gasteiger partial charge in [-0.15, -0.1) is 0 Å². The first kappa shape index (κ1) is 19.6. The Labute approximate surface area is 173 Å². The molecule has 1 atom stereocenters. The molecule has 2 aromatic carbocycles. The Morgan fingerprint density at radius 2 is 1.57 bits per heavy atom. The second kappa shape index (κ2) is 6.69. The number of rotatable bonds is 3. The molecule has 30 heavy (non-hydrogen) atoms. The van der Waals surface area contributed by atoms with Crippen LogP contribution in [0, 0.1) is 0 Å². The number of anilines is 2. The van der Waals surface area contributed by atoms with E-state index in [4.69, 9.17) is 0 Å². The van der Waals surface area contributed by atoms with Crippen molar-refractivity contribution in [2.75, 3.05) is 16.8 Å². The second-order valence-electron chi connectivity index (χ2n) is 8.07. The highest BCUT2D eigenvalue weighted by atomic mass is 16.2. The maximum atomic E-state index is 13.3. The lowest BCUT2D eigenvalue weighted by Gasteiger charge is -2.42. The summed E-state index contributed by atoms with van der Waals surface area (Å²) in [6.45, 7) is 4.38. The van der Waals surface area contributed by atoms with Gasteiger partial charge >= 0.3 is 6.03 Å². The number of carbonyl (C=O) groups excluding carboxylic acids is 4. The van der Waals surface area contributed by atoms with E-state index in [-0.39, 0.29) is 5.91 Å². The summed E-state index contributed by atoms with van der Waals surface area (Å²) in [5.41, 5.74) is -0.800. The minimum Gasteiger partial charge on any atom is -0.322 e. The number of benzene rings is 2. The smallest absolute Gasteiger partial charge is 0.322 e. The summed E-state index contributed by atoms with van der Waals surface area (Å²) in [7, 11) is 0. The topological polar surface area (TPSA) is 98.8 Å². The van der Waals surface area contributed by atoms with Crippen molar-refractivity contribution in [1.82, 2.24) is 10.2 Å². The molecule has 2 heterocycles. The van der Waals surface area contributed by atoms with Gasteiger partial charge < -0.3 is 10.6 Å². The Morgan fingerprint density at radius 3 is 2.27 bits per heavy atom. The van der Waals surface area contributed by atoms with E-state index in [0.29, 0.717) is 16.9 Å². The molecule has 2 aromatic rings. The zero-order chi connectivity index (χ0) is 21.7. The number of fused-ring (bicyclic) bond motifs is 1. The van der Waals surface area contributed by atoms with E-state index in [9.17, 15) is 19.2 Å². The summed E-state index contributed by atoms with van der Waals surface area (Å²) < 4.78 is 0. The summed E-state index contributed by atoms with van der Waals surface area (Å²) >= 11 is 0. The van der Waals surface area contributed by atoms with E-state index in [1.807, 2.05) is 6.07 Å². The van der Waals surface area contributed by atoms with Gasteiger partial charge in [0, 0.05) is 0 Å². The van der Waals surface area contributed by atoms with Crippen molar-refractivity contribution in [2.45, 2.75) is 31.8 Å². The van der Waals surface area contributed by atoms with E-state index in [1.165, 1.54) is 4.90 Å². The van der Waals surface area contributed by atoms with Gasteiger partial charge in [0.25, 0.3) is 5.91 Å². The van der Waals surface area contributed by atoms with Crippen LogP contribution in [0.4, 0.5) is 16.2 Å². The van der Waals surface area contributed by atoms with E-state index in [1.54, 1.807) is 69.3 Å². The third-order valence-corrected chi connectivity index (χ3v) is 5.68. The first-order chi connectivity index (χ1) is 14.2. The van der Waals surface area contributed by atoms with Crippen molar-refractivity contribution in [3.8, 4) is 0 Å². The number of para-hydroxylation sites is 2. The molecule has 0 bridgehead atoms. The van der Waals surface area contributed by atoms with Gasteiger partial charge in [-0.3, -0.25) is 24.2 Å². The minimum absolute atomic E-state index is 0.346. The lowest BCUT2D eigenvalue weighted by Crippen LogP contribution is -2.60. The van der Waals surface area contributed by atoms with E-state index < -0.39 is 35.5 Å². The van der Waals surface area contributed by atoms with Crippen molar-refractivity contribution >= 4 is 35.1 Å². The molecule has 1 saturated heterocycles. The summed E-state index contributed by atoms with van der Waals surface area (Å²) in [6.07, 6.45) is 0. The molecule has 2 N–H and O–H groups in total. The molecule has 0 radical (unpaired) electrons. The van der Waals surface area contributed by atoms with Crippen molar-refractivity contribution in [1.29, 1.82) is 0 Å². The van der Waals surface area contributed by atoms with Crippen LogP contribution in [-0.2, 0) is 19.9 Å². The van der Waals surface area contributed by atoms with Gasteiger partial charge in [0.2, 0.25) is 11.8 Å². The van der Waals surface area contributed by atoms with Crippen LogP contribution < -0.4 is 15.5 Å². The van der Waals surface area contributed by atoms with E-state index in [0.717, 1.165) is 4.90 Å². The summed E-state index contributed by atoms with van der Waals surface area (Å²) in [5, 5.41) is 5.48. The van der Waals surface area contributed by atoms with Crippen molar-refractivity contribution in [3.05, 3.63) is 60.2 Å². The SMILES string of the molecule is CC1(C)C(=O)Nc2ccccc2N1C(=O)CN1C(=O)N[C@](C)(c2ccccc2)C1=O. The molecule has 154 valence electrons. The Bertz CT molecular complexity index is 1070. The van der Waals surface area contributed by atoms with Gasteiger partial charge in [0.05, 0.1) is 11.4 Å². The Hall–Kier alpha value is -3.68. The number of hydrogen-bond acceptors (Lipinski definition) is 4. The third-order valence-electron chi connectivity index (χ3n) is 5.68. The molecular formula is C22H22N4O4. The Morgan fingerprint density at radius 1 is 0.933 bits per heavy atom. The molecule has 0 unspecified atom stereocenters. The number of carbonyl (C=O) groups is 4. The van der Waals surface area contributed by atoms with Crippen LogP contribution in [0.3, 0.4) is 0 Å². The molecule has 0 aliphatic carbocycles. The van der Waals surface area contributed by atoms with Gasteiger partial charge in [0.1, 0.15) is 17.6 Å². The monoisotopic (exact) mass is 406 g/mol. The fourth-order valence-electron chi connectivity index (χ4n) is 3.91. The lowest BCUT2D eigenvalue weighted by atomic mass is 9.92. The van der Waals surface area contributed by atoms with Gasteiger partial charge in [-0.2, -0.15) is 0 Å². The minimum atomic E-state index is -1.26. The maximum absolute atomic E-state index is 13.3. The molecule has 8 nitrogen and oxygen atoms in total. The van der Waals surface area contributed by atoms with Crippen LogP contribution in [0.15, 0.2) is 54.6 Å². The molecule has 2 aliphatic rings. The molecule has 8 heteroatoms. The molecule has 2 aliphatic heterocycles. The fourth-order valence-corrected chi connectivity index (χ4v) is 3.91. The van der Waals surface area contributed by atoms with Gasteiger partial charge in [-0.25, -0.2) is 4.79 Å². The molecule has 1 fully saturated rings. The first-order valence-corrected chi connectivity index (χ1v) is 9.59. The molecule has 0 aromatic heterocycles. The quantitative estimate of drug-likeness (QED) is 0.764. The number of amides is 5.